The predicted octanol–water partition coefficient (Wildman–Crippen LogP) is 3.40. The molecule has 1 aromatic carbocycles. The zero-order valence-electron chi connectivity index (χ0n) is 13.8. The highest BCUT2D eigenvalue weighted by atomic mass is 19.3. The van der Waals surface area contributed by atoms with E-state index in [9.17, 15) is 22.4 Å². The topological polar surface area (TPSA) is 48.0 Å². The number of hydrogen-bond donors (Lipinski definition) is 0. The molecule has 9 heteroatoms. The Morgan fingerprint density at radius 3 is 2.48 bits per heavy atom. The van der Waals surface area contributed by atoms with Crippen LogP contribution in [0.3, 0.4) is 0 Å². The predicted molar refractivity (Wildman–Crippen MR) is 82.9 cm³/mol. The molecule has 0 atom stereocenters. The summed E-state index contributed by atoms with van der Waals surface area (Å²) in [6.45, 7) is -5.29. The molecule has 140 valence electrons. The first kappa shape index (κ1) is 20.8. The number of carbonyl (C=O) groups is 1. The number of likely N-dealkylation sites (N-methyl/N-ethyl adjacent to an activating group) is 1. The number of methoxy groups -OCH3 is 1. The zero-order chi connectivity index (χ0) is 18.8. The van der Waals surface area contributed by atoms with E-state index in [1.54, 1.807) is 14.2 Å². The molecule has 5 nitrogen and oxygen atoms in total. The van der Waals surface area contributed by atoms with Gasteiger partial charge in [0, 0.05) is 45.0 Å². The lowest BCUT2D eigenvalue weighted by Crippen LogP contribution is -2.26. The fraction of sp³-hybridized carbons (Fsp3) is 0.438. The van der Waals surface area contributed by atoms with Gasteiger partial charge in [-0.05, 0) is 24.6 Å². The van der Waals surface area contributed by atoms with Gasteiger partial charge in [-0.25, -0.2) is 0 Å². The van der Waals surface area contributed by atoms with Crippen LogP contribution >= 0.6 is 0 Å². The van der Waals surface area contributed by atoms with Crippen molar-refractivity contribution in [3.63, 3.8) is 0 Å². The molecular weight excluding hydrogens is 346 g/mol. The molecule has 0 fully saturated rings. The van der Waals surface area contributed by atoms with Crippen molar-refractivity contribution in [2.45, 2.75) is 19.6 Å². The number of benzene rings is 1. The lowest BCUT2D eigenvalue weighted by Gasteiger charge is -2.15. The molecule has 0 aliphatic heterocycles. The van der Waals surface area contributed by atoms with Crippen LogP contribution in [0.2, 0.25) is 0 Å². The fourth-order valence-corrected chi connectivity index (χ4v) is 1.87. The third kappa shape index (κ3) is 7.88. The van der Waals surface area contributed by atoms with Crippen molar-refractivity contribution in [2.24, 2.45) is 0 Å². The number of nitrogens with zero attached hydrogens (tertiary/aromatic N) is 1. The summed E-state index contributed by atoms with van der Waals surface area (Å²) < 4.78 is 62.7. The Morgan fingerprint density at radius 2 is 1.88 bits per heavy atom. The number of halogens is 4. The van der Waals surface area contributed by atoms with Crippen molar-refractivity contribution in [3.05, 3.63) is 29.8 Å². The van der Waals surface area contributed by atoms with E-state index in [1.165, 1.54) is 23.1 Å². The molecular formula is C16H19F4NO4. The first-order chi connectivity index (χ1) is 11.8. The minimum atomic E-state index is -3.15. The van der Waals surface area contributed by atoms with Crippen LogP contribution in [0.1, 0.15) is 12.0 Å². The number of hydrogen-bond acceptors (Lipinski definition) is 4. The van der Waals surface area contributed by atoms with Gasteiger partial charge in [0.05, 0.1) is 0 Å². The quantitative estimate of drug-likeness (QED) is 0.362. The molecule has 0 unspecified atom stereocenters. The van der Waals surface area contributed by atoms with Crippen molar-refractivity contribution in [1.82, 2.24) is 4.90 Å². The molecule has 0 saturated carbocycles. The third-order valence-corrected chi connectivity index (χ3v) is 3.05. The summed E-state index contributed by atoms with van der Waals surface area (Å²) in [6, 6.07) is 3.31. The largest absolute Gasteiger partial charge is 0.435 e. The Bertz CT molecular complexity index is 581. The minimum absolute atomic E-state index is 0.126. The first-order valence-corrected chi connectivity index (χ1v) is 7.29. The molecule has 0 bridgehead atoms. The maximum absolute atomic E-state index is 12.5. The molecule has 0 aliphatic rings. The van der Waals surface area contributed by atoms with Gasteiger partial charge in [0.1, 0.15) is 11.5 Å². The van der Waals surface area contributed by atoms with Crippen LogP contribution in [0, 0.1) is 0 Å². The van der Waals surface area contributed by atoms with Gasteiger partial charge < -0.3 is 19.1 Å². The van der Waals surface area contributed by atoms with Crippen LogP contribution in [0.15, 0.2) is 24.3 Å². The minimum Gasteiger partial charge on any atom is -0.435 e. The van der Waals surface area contributed by atoms with Gasteiger partial charge in [-0.1, -0.05) is 0 Å². The highest BCUT2D eigenvalue weighted by Crippen LogP contribution is 2.28. The molecule has 0 spiro atoms. The van der Waals surface area contributed by atoms with Crippen LogP contribution in [0.5, 0.6) is 11.5 Å². The van der Waals surface area contributed by atoms with E-state index in [1.807, 2.05) is 0 Å². The van der Waals surface area contributed by atoms with E-state index < -0.39 is 13.2 Å². The summed E-state index contributed by atoms with van der Waals surface area (Å²) in [4.78, 5) is 13.4. The first-order valence-electron chi connectivity index (χ1n) is 7.29. The number of amides is 1. The van der Waals surface area contributed by atoms with Gasteiger partial charge in [-0.2, -0.15) is 17.6 Å². The number of rotatable bonds is 10. The van der Waals surface area contributed by atoms with Crippen molar-refractivity contribution < 1.29 is 36.6 Å². The lowest BCUT2D eigenvalue weighted by atomic mass is 10.1. The molecule has 0 saturated heterocycles. The molecule has 0 radical (unpaired) electrons. The molecule has 25 heavy (non-hydrogen) atoms. The van der Waals surface area contributed by atoms with Crippen LogP contribution in [0.25, 0.3) is 6.08 Å². The molecule has 0 heterocycles. The summed E-state index contributed by atoms with van der Waals surface area (Å²) in [5.74, 6) is -1.06. The molecule has 1 amide bonds. The molecule has 0 aromatic heterocycles. The van der Waals surface area contributed by atoms with E-state index in [-0.39, 0.29) is 23.0 Å². The Hall–Kier alpha value is -2.29. The van der Waals surface area contributed by atoms with Crippen molar-refractivity contribution in [3.8, 4) is 11.5 Å². The molecule has 0 aliphatic carbocycles. The fourth-order valence-electron chi connectivity index (χ4n) is 1.87. The summed E-state index contributed by atoms with van der Waals surface area (Å²) in [5, 5.41) is 0. The van der Waals surface area contributed by atoms with Gasteiger partial charge in [0.2, 0.25) is 5.91 Å². The number of carbonyl (C=O) groups excluding carboxylic acids is 1. The summed E-state index contributed by atoms with van der Waals surface area (Å²) in [5.41, 5.74) is 0.126. The smallest absolute Gasteiger partial charge is 0.387 e. The highest BCUT2D eigenvalue weighted by Gasteiger charge is 2.13. The van der Waals surface area contributed by atoms with Gasteiger partial charge in [0.25, 0.3) is 0 Å². The Balaban J connectivity index is 2.85. The Labute approximate surface area is 142 Å². The maximum atomic E-state index is 12.5. The highest BCUT2D eigenvalue weighted by molar-refractivity contribution is 5.92. The van der Waals surface area contributed by atoms with Gasteiger partial charge in [0.15, 0.2) is 0 Å². The van der Waals surface area contributed by atoms with Crippen molar-refractivity contribution in [1.29, 1.82) is 0 Å². The molecule has 1 rings (SSSR count). The average Bonchev–Trinajstić information content (AvgIpc) is 2.52. The zero-order valence-corrected chi connectivity index (χ0v) is 13.8. The Kier molecular flexibility index (Phi) is 8.76. The summed E-state index contributed by atoms with van der Waals surface area (Å²) in [7, 11) is 3.13. The summed E-state index contributed by atoms with van der Waals surface area (Å²) in [6.07, 6.45) is 3.08. The van der Waals surface area contributed by atoms with Crippen molar-refractivity contribution >= 4 is 12.0 Å². The Morgan fingerprint density at radius 1 is 1.20 bits per heavy atom. The third-order valence-electron chi connectivity index (χ3n) is 3.05. The molecule has 0 N–H and O–H groups in total. The number of alkyl halides is 4. The monoisotopic (exact) mass is 365 g/mol. The van der Waals surface area contributed by atoms with E-state index in [0.29, 0.717) is 19.6 Å². The average molecular weight is 365 g/mol. The van der Waals surface area contributed by atoms with Crippen LogP contribution in [-0.2, 0) is 9.53 Å². The van der Waals surface area contributed by atoms with Crippen LogP contribution in [0.4, 0.5) is 17.6 Å². The lowest BCUT2D eigenvalue weighted by molar-refractivity contribution is -0.124. The second kappa shape index (κ2) is 10.5. The molecule has 1 aromatic rings. The van der Waals surface area contributed by atoms with E-state index in [4.69, 9.17) is 4.74 Å². The van der Waals surface area contributed by atoms with Gasteiger partial charge >= 0.3 is 13.2 Å². The second-order valence-electron chi connectivity index (χ2n) is 4.90. The second-order valence-corrected chi connectivity index (χ2v) is 4.90. The number of ether oxygens (including phenoxy) is 3. The normalized spacial score (nSPS) is 11.4. The van der Waals surface area contributed by atoms with Crippen LogP contribution in [-0.4, -0.2) is 51.3 Å². The van der Waals surface area contributed by atoms with Crippen LogP contribution < -0.4 is 9.47 Å². The van der Waals surface area contributed by atoms with E-state index in [2.05, 4.69) is 9.47 Å². The van der Waals surface area contributed by atoms with Gasteiger partial charge in [-0.3, -0.25) is 4.79 Å². The maximum Gasteiger partial charge on any atom is 0.387 e. The van der Waals surface area contributed by atoms with E-state index in [0.717, 1.165) is 12.1 Å². The van der Waals surface area contributed by atoms with Gasteiger partial charge in [-0.15, -0.1) is 0 Å². The standard InChI is InChI=1S/C16H19F4NO4/c1-21(8-3-9-23-2)14(22)7-5-11-4-6-12(24-15(17)18)10-13(11)25-16(19)20/h4-7,10,15-16H,3,8-9H2,1-2H3/b7-5+. The SMILES string of the molecule is COCCCN(C)C(=O)/C=C/c1ccc(OC(F)F)cc1OC(F)F. The van der Waals surface area contributed by atoms with Crippen molar-refractivity contribution in [2.75, 3.05) is 27.3 Å². The van der Waals surface area contributed by atoms with E-state index >= 15 is 0 Å². The summed E-state index contributed by atoms with van der Waals surface area (Å²) >= 11 is 0.